The summed E-state index contributed by atoms with van der Waals surface area (Å²) >= 11 is 1.25. The Kier molecular flexibility index (Phi) is 3.03. The van der Waals surface area contributed by atoms with Crippen LogP contribution in [-0.4, -0.2) is 37.0 Å². The lowest BCUT2D eigenvalue weighted by atomic mass is 10.7. The van der Waals surface area contributed by atoms with E-state index in [2.05, 4.69) is 15.5 Å². The molecular weight excluding hydrogens is 180 g/mol. The zero-order chi connectivity index (χ0) is 8.97. The van der Waals surface area contributed by atoms with E-state index in [9.17, 15) is 4.79 Å². The van der Waals surface area contributed by atoms with E-state index in [1.807, 2.05) is 0 Å². The van der Waals surface area contributed by atoms with Crippen molar-refractivity contribution in [3.63, 3.8) is 0 Å². The number of carbonyl (C=O) groups is 1. The highest BCUT2D eigenvalue weighted by Gasteiger charge is 2.01. The number of rotatable bonds is 4. The molecule has 0 saturated carbocycles. The van der Waals surface area contributed by atoms with Crippen LogP contribution < -0.4 is 0 Å². The predicted octanol–water partition coefficient (Wildman–Crippen LogP) is -0.243. The summed E-state index contributed by atoms with van der Waals surface area (Å²) in [6, 6.07) is 0. The molecule has 1 rings (SSSR count). The topological polar surface area (TPSA) is 80.9 Å². The SMILES string of the molecule is Cc1nnnn1CSCC(=O)O. The van der Waals surface area contributed by atoms with Crippen LogP contribution in [0.25, 0.3) is 0 Å². The zero-order valence-electron chi connectivity index (χ0n) is 6.47. The highest BCUT2D eigenvalue weighted by molar-refractivity contribution is 7.98. The minimum Gasteiger partial charge on any atom is -0.481 e. The molecule has 0 aromatic carbocycles. The van der Waals surface area contributed by atoms with Crippen molar-refractivity contribution in [2.45, 2.75) is 12.8 Å². The monoisotopic (exact) mass is 188 g/mol. The van der Waals surface area contributed by atoms with E-state index in [0.717, 1.165) is 0 Å². The maximum atomic E-state index is 10.1. The second kappa shape index (κ2) is 4.05. The van der Waals surface area contributed by atoms with Gasteiger partial charge < -0.3 is 5.11 Å². The van der Waals surface area contributed by atoms with Crippen molar-refractivity contribution in [2.75, 3.05) is 5.75 Å². The standard InChI is InChI=1S/C5H8N4O2S/c1-4-6-7-8-9(4)3-12-2-5(10)11/h2-3H2,1H3,(H,10,11). The smallest absolute Gasteiger partial charge is 0.313 e. The Morgan fingerprint density at radius 3 is 3.00 bits per heavy atom. The fourth-order valence-corrected chi connectivity index (χ4v) is 1.27. The van der Waals surface area contributed by atoms with Gasteiger partial charge in [0.25, 0.3) is 0 Å². The summed E-state index contributed by atoms with van der Waals surface area (Å²) in [5.41, 5.74) is 0. The third-order valence-electron chi connectivity index (χ3n) is 1.15. The normalized spacial score (nSPS) is 10.1. The van der Waals surface area contributed by atoms with Gasteiger partial charge in [-0.05, 0) is 17.4 Å². The Morgan fingerprint density at radius 1 is 1.75 bits per heavy atom. The third-order valence-corrected chi connectivity index (χ3v) is 2.03. The van der Waals surface area contributed by atoms with Crippen molar-refractivity contribution in [3.8, 4) is 0 Å². The van der Waals surface area contributed by atoms with Gasteiger partial charge in [0.15, 0.2) is 0 Å². The van der Waals surface area contributed by atoms with Crippen LogP contribution in [0.15, 0.2) is 0 Å². The van der Waals surface area contributed by atoms with Gasteiger partial charge in [0.2, 0.25) is 0 Å². The van der Waals surface area contributed by atoms with Crippen LogP contribution in [0.3, 0.4) is 0 Å². The molecule has 0 fully saturated rings. The Morgan fingerprint density at radius 2 is 2.50 bits per heavy atom. The van der Waals surface area contributed by atoms with Gasteiger partial charge >= 0.3 is 5.97 Å². The molecule has 1 N–H and O–H groups in total. The highest BCUT2D eigenvalue weighted by atomic mass is 32.2. The number of thioether (sulfide) groups is 1. The second-order valence-electron chi connectivity index (χ2n) is 2.10. The van der Waals surface area contributed by atoms with Crippen molar-refractivity contribution in [1.82, 2.24) is 20.2 Å². The van der Waals surface area contributed by atoms with Crippen LogP contribution in [0.4, 0.5) is 0 Å². The van der Waals surface area contributed by atoms with Gasteiger partial charge in [-0.2, -0.15) is 0 Å². The number of hydrogen-bond acceptors (Lipinski definition) is 5. The van der Waals surface area contributed by atoms with Crippen molar-refractivity contribution in [3.05, 3.63) is 5.82 Å². The molecule has 1 heterocycles. The molecule has 0 aliphatic rings. The average molecular weight is 188 g/mol. The van der Waals surface area contributed by atoms with Gasteiger partial charge in [-0.3, -0.25) is 4.79 Å². The number of carboxylic acids is 1. The van der Waals surface area contributed by atoms with Crippen LogP contribution in [-0.2, 0) is 10.7 Å². The van der Waals surface area contributed by atoms with E-state index in [1.165, 1.54) is 11.8 Å². The van der Waals surface area contributed by atoms with E-state index in [0.29, 0.717) is 11.7 Å². The summed E-state index contributed by atoms with van der Waals surface area (Å²) < 4.78 is 1.55. The number of aliphatic carboxylic acids is 1. The van der Waals surface area contributed by atoms with Crippen LogP contribution in [0.2, 0.25) is 0 Å². The van der Waals surface area contributed by atoms with Crippen molar-refractivity contribution in [1.29, 1.82) is 0 Å². The number of tetrazole rings is 1. The second-order valence-corrected chi connectivity index (χ2v) is 3.05. The minimum atomic E-state index is -0.828. The van der Waals surface area contributed by atoms with Crippen LogP contribution in [0, 0.1) is 6.92 Å². The summed E-state index contributed by atoms with van der Waals surface area (Å²) in [7, 11) is 0. The number of carboxylic acid groups (broad SMARTS) is 1. The van der Waals surface area contributed by atoms with Crippen molar-refractivity contribution >= 4 is 17.7 Å². The first kappa shape index (κ1) is 8.98. The molecule has 0 saturated heterocycles. The summed E-state index contributed by atoms with van der Waals surface area (Å²) in [6.45, 7) is 1.77. The Balaban J connectivity index is 2.33. The number of aromatic nitrogens is 4. The fraction of sp³-hybridized carbons (Fsp3) is 0.600. The maximum absolute atomic E-state index is 10.1. The van der Waals surface area contributed by atoms with Crippen LogP contribution in [0.5, 0.6) is 0 Å². The lowest BCUT2D eigenvalue weighted by Crippen LogP contribution is -2.04. The Hall–Kier alpha value is -1.11. The van der Waals surface area contributed by atoms with Gasteiger partial charge in [0, 0.05) is 0 Å². The number of nitrogens with zero attached hydrogens (tertiary/aromatic N) is 4. The largest absolute Gasteiger partial charge is 0.481 e. The predicted molar refractivity (Wildman–Crippen MR) is 42.6 cm³/mol. The molecule has 0 amide bonds. The first-order chi connectivity index (χ1) is 5.70. The third kappa shape index (κ3) is 2.50. The molecule has 1 aromatic rings. The summed E-state index contributed by atoms with van der Waals surface area (Å²) in [4.78, 5) is 10.1. The van der Waals surface area contributed by atoms with E-state index in [4.69, 9.17) is 5.11 Å². The Labute approximate surface area is 73.0 Å². The van der Waals surface area contributed by atoms with Gasteiger partial charge in [-0.15, -0.1) is 16.9 Å². The first-order valence-corrected chi connectivity index (χ1v) is 4.38. The highest BCUT2D eigenvalue weighted by Crippen LogP contribution is 2.03. The van der Waals surface area contributed by atoms with Gasteiger partial charge in [-0.1, -0.05) is 0 Å². The van der Waals surface area contributed by atoms with E-state index < -0.39 is 5.97 Å². The molecule has 7 heteroatoms. The quantitative estimate of drug-likeness (QED) is 0.702. The number of aryl methyl sites for hydroxylation is 1. The summed E-state index contributed by atoms with van der Waals surface area (Å²) in [5.74, 6) is 0.406. The molecular formula is C5H8N4O2S. The molecule has 1 aromatic heterocycles. The molecule has 0 aliphatic heterocycles. The maximum Gasteiger partial charge on any atom is 0.313 e. The van der Waals surface area contributed by atoms with Crippen molar-refractivity contribution in [2.24, 2.45) is 0 Å². The molecule has 66 valence electrons. The molecule has 12 heavy (non-hydrogen) atoms. The summed E-state index contributed by atoms with van der Waals surface area (Å²) in [5, 5.41) is 19.1. The van der Waals surface area contributed by atoms with Crippen LogP contribution in [0.1, 0.15) is 5.82 Å². The molecule has 0 atom stereocenters. The van der Waals surface area contributed by atoms with E-state index in [-0.39, 0.29) is 5.75 Å². The Bertz CT molecular complexity index is 274. The van der Waals surface area contributed by atoms with Gasteiger partial charge in [0.05, 0.1) is 11.6 Å². The molecule has 0 bridgehead atoms. The molecule has 6 nitrogen and oxygen atoms in total. The lowest BCUT2D eigenvalue weighted by molar-refractivity contribution is -0.133. The molecule has 0 radical (unpaired) electrons. The fourth-order valence-electron chi connectivity index (χ4n) is 0.588. The van der Waals surface area contributed by atoms with Gasteiger partial charge in [0.1, 0.15) is 5.82 Å². The lowest BCUT2D eigenvalue weighted by Gasteiger charge is -1.97. The average Bonchev–Trinajstić information content (AvgIpc) is 2.36. The molecule has 0 unspecified atom stereocenters. The molecule has 0 spiro atoms. The molecule has 0 aliphatic carbocycles. The van der Waals surface area contributed by atoms with Gasteiger partial charge in [-0.25, -0.2) is 4.68 Å². The first-order valence-electron chi connectivity index (χ1n) is 3.22. The van der Waals surface area contributed by atoms with Crippen LogP contribution >= 0.6 is 11.8 Å². The van der Waals surface area contributed by atoms with E-state index in [1.54, 1.807) is 11.6 Å². The zero-order valence-corrected chi connectivity index (χ0v) is 7.28. The summed E-state index contributed by atoms with van der Waals surface area (Å²) in [6.07, 6.45) is 0. The van der Waals surface area contributed by atoms with E-state index >= 15 is 0 Å². The van der Waals surface area contributed by atoms with Crippen molar-refractivity contribution < 1.29 is 9.90 Å². The minimum absolute atomic E-state index is 0.0687. The number of hydrogen-bond donors (Lipinski definition) is 1.